The highest BCUT2D eigenvalue weighted by atomic mass is 19.2. The number of primary amides is 4. The number of carbonyl (C=O) groups excluding carboxylic acids is 11. The van der Waals surface area contributed by atoms with Gasteiger partial charge in [-0.3, -0.25) is 77.1 Å². The largest absolute Gasteiger partial charge is 0.474 e. The van der Waals surface area contributed by atoms with Crippen LogP contribution < -0.4 is 44.2 Å². The van der Waals surface area contributed by atoms with Gasteiger partial charge in [0, 0.05) is 44.4 Å². The molecule has 10 rings (SSSR count). The molecule has 0 radical (unpaired) electrons. The van der Waals surface area contributed by atoms with Crippen molar-refractivity contribution in [2.45, 2.75) is 77.4 Å². The Labute approximate surface area is 589 Å². The van der Waals surface area contributed by atoms with Gasteiger partial charge in [0.15, 0.2) is 34.9 Å². The first kappa shape index (κ1) is 78.7. The van der Waals surface area contributed by atoms with Gasteiger partial charge in [-0.25, -0.2) is 31.1 Å². The van der Waals surface area contributed by atoms with E-state index in [0.29, 0.717) is 55.6 Å². The molecule has 13 N–H and O–H groups in total. The molecule has 11 amide bonds. The lowest BCUT2D eigenvalue weighted by Gasteiger charge is -2.38. The summed E-state index contributed by atoms with van der Waals surface area (Å²) in [5.74, 6) is -16.4. The predicted octanol–water partition coefficient (Wildman–Crippen LogP) is 6.98. The normalized spacial score (nSPS) is 17.4. The van der Waals surface area contributed by atoms with E-state index in [1.807, 2.05) is 26.1 Å². The number of halogens is 7. The number of alkyl halides is 1. The van der Waals surface area contributed by atoms with Crippen molar-refractivity contribution in [2.75, 3.05) is 48.1 Å². The number of anilines is 4. The Bertz CT molecular complexity index is 4070. The summed E-state index contributed by atoms with van der Waals surface area (Å²) in [6.45, 7) is 6.74. The number of pyridine rings is 4. The molecule has 3 aliphatic rings. The molecule has 0 spiro atoms. The van der Waals surface area contributed by atoms with Crippen LogP contribution in [0.3, 0.4) is 0 Å². The van der Waals surface area contributed by atoms with Gasteiger partial charge in [-0.05, 0) is 134 Å². The van der Waals surface area contributed by atoms with Crippen molar-refractivity contribution in [3.8, 4) is 0 Å². The van der Waals surface area contributed by atoms with Gasteiger partial charge in [0.1, 0.15) is 0 Å². The van der Waals surface area contributed by atoms with Crippen molar-refractivity contribution in [3.05, 3.63) is 202 Å². The second-order valence-electron chi connectivity index (χ2n) is 23.9. The fraction of sp³-hybridized carbons (Fsp3) is 0.275. The summed E-state index contributed by atoms with van der Waals surface area (Å²) in [6, 6.07) is 13.9. The topological polar surface area (TPSA) is 439 Å². The van der Waals surface area contributed by atoms with Gasteiger partial charge in [-0.1, -0.05) is 39.0 Å². The maximum Gasteiger partial charge on any atom is 0.394 e. The second kappa shape index (κ2) is 37.2. The smallest absolute Gasteiger partial charge is 0.394 e. The first-order valence-electron chi connectivity index (χ1n) is 32.0. The molecule has 0 aliphatic carbocycles. The lowest BCUT2D eigenvalue weighted by molar-refractivity contribution is -0.147. The SMILES string of the molecule is CC1CCC(c2ccc(F)c(F)c2)N(C(=O)C(=O)Nc2cncc(C(N)=O)c2)C1.C[C@@H]1CC[C@@H](c2ccc(F)c(F)c2)N(C(=O)C(=O)Nc2cncc(C(N)=O)c2)C1.C[C@H]1CC[C@H](c2ccc(F)c(F)c2)N(C(=O)C(=O)Nc2cncc(C(N)=O)c2)C1.NC(=O)c1cncc(NC(=O)C(=O)O)c1.[2H]CF. The molecule has 2 unspecified atom stereocenters. The second-order valence-corrected chi connectivity index (χ2v) is 23.9. The van der Waals surface area contributed by atoms with E-state index in [4.69, 9.17) is 29.4 Å². The number of hydrogen-bond acceptors (Lipinski definition) is 16. The monoisotopic (exact) mass is 1450 g/mol. The third-order valence-corrected chi connectivity index (χ3v) is 16.1. The number of carboxylic acids is 1. The molecule has 548 valence electrons. The van der Waals surface area contributed by atoms with Crippen LogP contribution in [0.4, 0.5) is 53.5 Å². The highest BCUT2D eigenvalue weighted by Gasteiger charge is 2.38. The van der Waals surface area contributed by atoms with Gasteiger partial charge in [-0.2, -0.15) is 0 Å². The molecule has 28 nitrogen and oxygen atoms in total. The number of carbonyl (C=O) groups is 12. The van der Waals surface area contributed by atoms with Crippen LogP contribution in [0.2, 0.25) is 0 Å². The molecule has 4 aromatic heterocycles. The van der Waals surface area contributed by atoms with Crippen LogP contribution in [0.25, 0.3) is 0 Å². The number of nitrogens with two attached hydrogens (primary N) is 4. The summed E-state index contributed by atoms with van der Waals surface area (Å²) in [7, 11) is -1.00. The number of aromatic nitrogens is 4. The maximum atomic E-state index is 13.7. The first-order valence-corrected chi connectivity index (χ1v) is 31.3. The lowest BCUT2D eigenvalue weighted by Crippen LogP contribution is -2.46. The zero-order valence-electron chi connectivity index (χ0n) is 56.6. The van der Waals surface area contributed by atoms with E-state index >= 15 is 0 Å². The highest BCUT2D eigenvalue weighted by molar-refractivity contribution is 6.41. The number of aliphatic carboxylic acids is 1. The Morgan fingerprint density at radius 2 is 0.615 bits per heavy atom. The summed E-state index contributed by atoms with van der Waals surface area (Å²) in [5.41, 5.74) is 22.7. The fourth-order valence-corrected chi connectivity index (χ4v) is 11.0. The molecule has 104 heavy (non-hydrogen) atoms. The van der Waals surface area contributed by atoms with Crippen LogP contribution >= 0.6 is 0 Å². The number of carboxylic acid groups (broad SMARTS) is 1. The van der Waals surface area contributed by atoms with Crippen LogP contribution in [-0.2, 0) is 38.4 Å². The van der Waals surface area contributed by atoms with Crippen LogP contribution in [0.5, 0.6) is 0 Å². The highest BCUT2D eigenvalue weighted by Crippen LogP contribution is 2.37. The van der Waals surface area contributed by atoms with E-state index in [1.54, 1.807) is 0 Å². The average molecular weight is 1450 g/mol. The van der Waals surface area contributed by atoms with Crippen molar-refractivity contribution in [3.63, 3.8) is 0 Å². The summed E-state index contributed by atoms with van der Waals surface area (Å²) < 4.78 is 96.4. The third kappa shape index (κ3) is 22.2. The predicted molar refractivity (Wildman–Crippen MR) is 358 cm³/mol. The van der Waals surface area contributed by atoms with Gasteiger partial charge in [0.05, 0.1) is 96.4 Å². The molecule has 7 aromatic rings. The van der Waals surface area contributed by atoms with E-state index < -0.39 is 131 Å². The van der Waals surface area contributed by atoms with Gasteiger partial charge >= 0.3 is 47.3 Å². The third-order valence-electron chi connectivity index (χ3n) is 16.1. The Balaban J connectivity index is 0.000000222. The van der Waals surface area contributed by atoms with Gasteiger partial charge in [0.2, 0.25) is 23.6 Å². The lowest BCUT2D eigenvalue weighted by atomic mass is 9.89. The summed E-state index contributed by atoms with van der Waals surface area (Å²) >= 11 is 0. The molecule has 7 heterocycles. The minimum atomic E-state index is -1.63. The van der Waals surface area contributed by atoms with E-state index in [1.165, 1.54) is 107 Å². The van der Waals surface area contributed by atoms with Crippen LogP contribution in [-0.4, -0.2) is 137 Å². The molecule has 3 aromatic carbocycles. The molecule has 3 saturated heterocycles. The van der Waals surface area contributed by atoms with E-state index in [0.717, 1.165) is 55.7 Å². The number of amides is 11. The van der Waals surface area contributed by atoms with Crippen molar-refractivity contribution in [1.82, 2.24) is 34.6 Å². The number of hydrogen-bond donors (Lipinski definition) is 9. The minimum Gasteiger partial charge on any atom is -0.474 e. The number of piperidine rings is 3. The number of rotatable bonds is 11. The van der Waals surface area contributed by atoms with Gasteiger partial charge < -0.3 is 64.0 Å². The Morgan fingerprint density at radius 3 is 0.827 bits per heavy atom. The Morgan fingerprint density at radius 1 is 0.385 bits per heavy atom. The summed E-state index contributed by atoms with van der Waals surface area (Å²) in [6.07, 6.45) is 13.9. The average Bonchev–Trinajstić information content (AvgIpc) is 0.810. The number of likely N-dealkylation sites (tertiary alicyclic amines) is 3. The molecule has 0 bridgehead atoms. The molecule has 3 fully saturated rings. The van der Waals surface area contributed by atoms with Gasteiger partial charge in [-0.15, -0.1) is 0 Å². The summed E-state index contributed by atoms with van der Waals surface area (Å²) in [4.78, 5) is 161. The fourth-order valence-electron chi connectivity index (χ4n) is 11.0. The van der Waals surface area contributed by atoms with Crippen LogP contribution in [0.15, 0.2) is 128 Å². The molecule has 6 atom stereocenters. The Hall–Kier alpha value is -12.6. The van der Waals surface area contributed by atoms with Gasteiger partial charge in [0.25, 0.3) is 0 Å². The van der Waals surface area contributed by atoms with E-state index in [2.05, 4.69) is 35.9 Å². The molecular formula is C69H70F7N15O13. The quantitative estimate of drug-likeness (QED) is 0.0466. The minimum absolute atomic E-state index is 0.0817. The standard InChI is InChI=1S/3C20H20F2N4O3.C8H7N3O4.CH3F/c3*1-11-2-5-17(12-3-4-15(21)16(22)7-12)26(10-11)20(29)19(28)25-14-6-13(18(23)27)8-24-9-14;9-6(12)4-1-5(3-10-2-4)11-7(13)8(14)15;1-2/h3*3-4,6-9,11,17H,2,5,10H2,1H3,(H2,23,27)(H,25,28);1-3H,(H2,9,12)(H,11,13)(H,14,15);1H3/t2*11-,17+;;;/m10.../s1/i;;;;1D. The van der Waals surface area contributed by atoms with E-state index in [-0.39, 0.29) is 62.8 Å². The van der Waals surface area contributed by atoms with Crippen LogP contribution in [0.1, 0.15) is 137 Å². The number of nitrogens with one attached hydrogen (secondary N) is 4. The zero-order valence-corrected chi connectivity index (χ0v) is 55.6. The van der Waals surface area contributed by atoms with Crippen LogP contribution in [0, 0.1) is 52.7 Å². The zero-order chi connectivity index (χ0) is 77.5. The van der Waals surface area contributed by atoms with Crippen molar-refractivity contribution in [2.24, 2.45) is 40.7 Å². The van der Waals surface area contributed by atoms with Crippen molar-refractivity contribution < 1.29 is 94.7 Å². The number of benzene rings is 3. The maximum absolute atomic E-state index is 13.7. The molecule has 35 heteroatoms. The summed E-state index contributed by atoms with van der Waals surface area (Å²) in [5, 5.41) is 17.5. The first-order chi connectivity index (χ1) is 49.7. The molecule has 3 aliphatic heterocycles. The molecule has 0 saturated carbocycles. The van der Waals surface area contributed by atoms with Crippen molar-refractivity contribution >= 4 is 93.7 Å². The molecular weight excluding hydrogens is 1380 g/mol. The van der Waals surface area contributed by atoms with Crippen molar-refractivity contribution in [1.29, 1.82) is 0 Å². The Kier molecular flexibility index (Phi) is 28.2. The van der Waals surface area contributed by atoms with E-state index in [9.17, 15) is 88.3 Å². The number of nitrogens with zero attached hydrogens (tertiary/aromatic N) is 7.